The van der Waals surface area contributed by atoms with Gasteiger partial charge in [0.05, 0.1) is 5.69 Å². The van der Waals surface area contributed by atoms with E-state index in [0.29, 0.717) is 0 Å². The zero-order chi connectivity index (χ0) is 11.8. The minimum absolute atomic E-state index is 0.0912. The van der Waals surface area contributed by atoms with Crippen LogP contribution in [0.1, 0.15) is 26.6 Å². The highest BCUT2D eigenvalue weighted by Gasteiger charge is 2.20. The maximum atomic E-state index is 5.61. The van der Waals surface area contributed by atoms with Crippen LogP contribution in [-0.2, 0) is 5.41 Å². The first-order chi connectivity index (χ1) is 7.47. The molecule has 1 aromatic carbocycles. The van der Waals surface area contributed by atoms with Crippen LogP contribution in [0.3, 0.4) is 0 Å². The van der Waals surface area contributed by atoms with Gasteiger partial charge in [-0.05, 0) is 29.5 Å². The highest BCUT2D eigenvalue weighted by Crippen LogP contribution is 2.17. The van der Waals surface area contributed by atoms with E-state index in [9.17, 15) is 0 Å². The maximum absolute atomic E-state index is 5.61. The molecule has 1 heterocycles. The fourth-order valence-electron chi connectivity index (χ4n) is 1.23. The summed E-state index contributed by atoms with van der Waals surface area (Å²) in [7, 11) is 0. The molecule has 5 heteroatoms. The number of aromatic nitrogens is 4. The third kappa shape index (κ3) is 2.03. The van der Waals surface area contributed by atoms with E-state index in [4.69, 9.17) is 5.73 Å². The smallest absolute Gasteiger partial charge is 0.180 e. The number of benzene rings is 1. The minimum Gasteiger partial charge on any atom is -0.399 e. The Hall–Kier alpha value is -1.91. The van der Waals surface area contributed by atoms with Crippen LogP contribution in [0.4, 0.5) is 5.69 Å². The second-order valence-corrected chi connectivity index (χ2v) is 4.74. The molecular weight excluding hydrogens is 202 g/mol. The molecule has 0 aliphatic heterocycles. The normalized spacial score (nSPS) is 11.7. The molecule has 2 rings (SSSR count). The lowest BCUT2D eigenvalue weighted by molar-refractivity contribution is 0.543. The first kappa shape index (κ1) is 10.6. The molecule has 16 heavy (non-hydrogen) atoms. The van der Waals surface area contributed by atoms with Gasteiger partial charge in [-0.2, -0.15) is 0 Å². The van der Waals surface area contributed by atoms with E-state index >= 15 is 0 Å². The summed E-state index contributed by atoms with van der Waals surface area (Å²) >= 11 is 0. The molecule has 0 amide bonds. The molecule has 0 unspecified atom stereocenters. The van der Waals surface area contributed by atoms with E-state index in [2.05, 4.69) is 36.2 Å². The van der Waals surface area contributed by atoms with Crippen molar-refractivity contribution in [3.63, 3.8) is 0 Å². The lowest BCUT2D eigenvalue weighted by Gasteiger charge is -2.11. The number of rotatable bonds is 1. The molecule has 0 saturated heterocycles. The van der Waals surface area contributed by atoms with Gasteiger partial charge in [0, 0.05) is 11.1 Å². The van der Waals surface area contributed by atoms with Gasteiger partial charge in [-0.15, -0.1) is 15.0 Å². The summed E-state index contributed by atoms with van der Waals surface area (Å²) in [5.74, 6) is 0.726. The summed E-state index contributed by atoms with van der Waals surface area (Å²) in [5, 5.41) is 12.4. The van der Waals surface area contributed by atoms with E-state index in [0.717, 1.165) is 17.2 Å². The van der Waals surface area contributed by atoms with Crippen LogP contribution < -0.4 is 5.73 Å². The van der Waals surface area contributed by atoms with E-state index in [1.54, 1.807) is 0 Å². The maximum Gasteiger partial charge on any atom is 0.180 e. The van der Waals surface area contributed by atoms with Crippen molar-refractivity contribution in [1.82, 2.24) is 20.2 Å². The number of nitrogen functional groups attached to an aromatic ring is 1. The van der Waals surface area contributed by atoms with Crippen molar-refractivity contribution in [3.8, 4) is 5.69 Å². The predicted octanol–water partition coefficient (Wildman–Crippen LogP) is 1.54. The quantitative estimate of drug-likeness (QED) is 0.736. The second-order valence-electron chi connectivity index (χ2n) is 4.74. The van der Waals surface area contributed by atoms with Crippen LogP contribution >= 0.6 is 0 Å². The topological polar surface area (TPSA) is 69.6 Å². The average Bonchev–Trinajstić information content (AvgIpc) is 2.67. The largest absolute Gasteiger partial charge is 0.399 e. The third-order valence-electron chi connectivity index (χ3n) is 2.21. The highest BCUT2D eigenvalue weighted by atomic mass is 15.6. The first-order valence-electron chi connectivity index (χ1n) is 5.13. The van der Waals surface area contributed by atoms with E-state index in [-0.39, 0.29) is 5.41 Å². The van der Waals surface area contributed by atoms with Gasteiger partial charge in [-0.1, -0.05) is 20.8 Å². The van der Waals surface area contributed by atoms with Crippen molar-refractivity contribution in [2.24, 2.45) is 0 Å². The predicted molar refractivity (Wildman–Crippen MR) is 62.3 cm³/mol. The van der Waals surface area contributed by atoms with E-state index in [1.165, 1.54) is 4.80 Å². The molecule has 0 fully saturated rings. The lowest BCUT2D eigenvalue weighted by atomic mass is 9.96. The Morgan fingerprint density at radius 3 is 2.25 bits per heavy atom. The second kappa shape index (κ2) is 3.59. The molecule has 0 atom stereocenters. The van der Waals surface area contributed by atoms with Crippen molar-refractivity contribution in [1.29, 1.82) is 0 Å². The van der Waals surface area contributed by atoms with Gasteiger partial charge in [-0.3, -0.25) is 0 Å². The van der Waals surface area contributed by atoms with Crippen LogP contribution in [-0.4, -0.2) is 20.2 Å². The number of nitrogens with zero attached hydrogens (tertiary/aromatic N) is 4. The van der Waals surface area contributed by atoms with Crippen LogP contribution in [0, 0.1) is 0 Å². The van der Waals surface area contributed by atoms with Crippen molar-refractivity contribution < 1.29 is 0 Å². The van der Waals surface area contributed by atoms with Gasteiger partial charge in [-0.25, -0.2) is 0 Å². The van der Waals surface area contributed by atoms with Crippen LogP contribution in [0.2, 0.25) is 0 Å². The SMILES string of the molecule is CC(C)(C)c1nnn(-c2ccc(N)cc2)n1. The van der Waals surface area contributed by atoms with Gasteiger partial charge in [0.2, 0.25) is 0 Å². The van der Waals surface area contributed by atoms with Gasteiger partial charge < -0.3 is 5.73 Å². The summed E-state index contributed by atoms with van der Waals surface area (Å²) in [4.78, 5) is 1.51. The van der Waals surface area contributed by atoms with Gasteiger partial charge in [0.1, 0.15) is 0 Å². The Balaban J connectivity index is 2.35. The molecule has 84 valence electrons. The first-order valence-corrected chi connectivity index (χ1v) is 5.13. The molecule has 0 radical (unpaired) electrons. The fourth-order valence-corrected chi connectivity index (χ4v) is 1.23. The van der Waals surface area contributed by atoms with E-state index < -0.39 is 0 Å². The molecule has 0 saturated carbocycles. The molecule has 0 spiro atoms. The molecule has 0 aliphatic rings. The molecule has 2 N–H and O–H groups in total. The molecule has 0 bridgehead atoms. The number of hydrogen-bond donors (Lipinski definition) is 1. The zero-order valence-electron chi connectivity index (χ0n) is 9.68. The van der Waals surface area contributed by atoms with Gasteiger partial charge in [0.15, 0.2) is 5.82 Å². The summed E-state index contributed by atoms with van der Waals surface area (Å²) in [6.07, 6.45) is 0. The molecule has 0 aliphatic carbocycles. The molecular formula is C11H15N5. The Morgan fingerprint density at radius 2 is 1.75 bits per heavy atom. The standard InChI is InChI=1S/C11H15N5/c1-11(2,3)10-13-15-16(14-10)9-6-4-8(12)5-7-9/h4-7H,12H2,1-3H3. The van der Waals surface area contributed by atoms with Crippen molar-refractivity contribution >= 4 is 5.69 Å². The highest BCUT2D eigenvalue weighted by molar-refractivity contribution is 5.43. The van der Waals surface area contributed by atoms with Crippen molar-refractivity contribution in [3.05, 3.63) is 30.1 Å². The zero-order valence-corrected chi connectivity index (χ0v) is 9.68. The molecule has 2 aromatic rings. The van der Waals surface area contributed by atoms with Crippen LogP contribution in [0.15, 0.2) is 24.3 Å². The van der Waals surface area contributed by atoms with E-state index in [1.807, 2.05) is 24.3 Å². The van der Waals surface area contributed by atoms with Gasteiger partial charge in [0.25, 0.3) is 0 Å². The fraction of sp³-hybridized carbons (Fsp3) is 0.364. The summed E-state index contributed by atoms with van der Waals surface area (Å²) in [6.45, 7) is 6.16. The number of nitrogens with two attached hydrogens (primary N) is 1. The third-order valence-corrected chi connectivity index (χ3v) is 2.21. The summed E-state index contributed by atoms with van der Waals surface area (Å²) < 4.78 is 0. The Kier molecular flexibility index (Phi) is 2.38. The van der Waals surface area contributed by atoms with Crippen molar-refractivity contribution in [2.75, 3.05) is 5.73 Å². The Labute approximate surface area is 94.3 Å². The Morgan fingerprint density at radius 1 is 1.12 bits per heavy atom. The molecule has 1 aromatic heterocycles. The number of hydrogen-bond acceptors (Lipinski definition) is 4. The van der Waals surface area contributed by atoms with Gasteiger partial charge >= 0.3 is 0 Å². The number of tetrazole rings is 1. The average molecular weight is 217 g/mol. The van der Waals surface area contributed by atoms with Crippen molar-refractivity contribution in [2.45, 2.75) is 26.2 Å². The summed E-state index contributed by atoms with van der Waals surface area (Å²) in [5.41, 5.74) is 7.10. The monoisotopic (exact) mass is 217 g/mol. The minimum atomic E-state index is -0.0912. The summed E-state index contributed by atoms with van der Waals surface area (Å²) in [6, 6.07) is 7.36. The van der Waals surface area contributed by atoms with Crippen LogP contribution in [0.25, 0.3) is 5.69 Å². The van der Waals surface area contributed by atoms with Crippen LogP contribution in [0.5, 0.6) is 0 Å². The lowest BCUT2D eigenvalue weighted by Crippen LogP contribution is -2.14. The molecule has 5 nitrogen and oxygen atoms in total. The number of anilines is 1. The Bertz CT molecular complexity index is 478.